The molecule has 0 fully saturated rings. The lowest BCUT2D eigenvalue weighted by atomic mass is 10.1. The van der Waals surface area contributed by atoms with Crippen molar-refractivity contribution in [1.82, 2.24) is 10.2 Å². The Kier molecular flexibility index (Phi) is 4.25. The van der Waals surface area contributed by atoms with Gasteiger partial charge in [0.1, 0.15) is 23.9 Å². The smallest absolute Gasteiger partial charge is 0.127 e. The van der Waals surface area contributed by atoms with Crippen LogP contribution in [0, 0.1) is 0 Å². The van der Waals surface area contributed by atoms with E-state index in [2.05, 4.69) is 16.3 Å². The van der Waals surface area contributed by atoms with Gasteiger partial charge >= 0.3 is 0 Å². The number of ether oxygens (including phenoxy) is 2. The van der Waals surface area contributed by atoms with Crippen LogP contribution in [0.1, 0.15) is 5.56 Å². The molecule has 4 aromatic rings. The summed E-state index contributed by atoms with van der Waals surface area (Å²) in [5, 5.41) is 9.92. The Hall–Kier alpha value is -3.40. The highest BCUT2D eigenvalue weighted by Crippen LogP contribution is 2.24. The minimum Gasteiger partial charge on any atom is -0.489 e. The summed E-state index contributed by atoms with van der Waals surface area (Å²) in [6.45, 7) is 0.497. The van der Waals surface area contributed by atoms with Crippen LogP contribution in [0.5, 0.6) is 17.2 Å². The average molecular weight is 328 g/mol. The molecule has 0 aliphatic heterocycles. The molecule has 0 unspecified atom stereocenters. The summed E-state index contributed by atoms with van der Waals surface area (Å²) >= 11 is 0. The molecule has 0 aliphatic rings. The molecule has 0 saturated carbocycles. The molecule has 1 heterocycles. The lowest BCUT2D eigenvalue weighted by molar-refractivity contribution is 0.306. The van der Waals surface area contributed by atoms with Gasteiger partial charge in [-0.05, 0) is 48.0 Å². The molecule has 0 radical (unpaired) electrons. The number of hydrogen-bond acceptors (Lipinski definition) is 4. The zero-order chi connectivity index (χ0) is 16.9. The summed E-state index contributed by atoms with van der Waals surface area (Å²) in [6.07, 6.45) is 3.51. The molecule has 0 bridgehead atoms. The van der Waals surface area contributed by atoms with Crippen LogP contribution in [0.2, 0.25) is 0 Å². The zero-order valence-electron chi connectivity index (χ0n) is 13.5. The van der Waals surface area contributed by atoms with E-state index >= 15 is 0 Å². The first-order valence-corrected chi connectivity index (χ1v) is 8.02. The van der Waals surface area contributed by atoms with Gasteiger partial charge in [0.05, 0.1) is 12.4 Å². The largest absolute Gasteiger partial charge is 0.489 e. The standard InChI is InChI=1S/C21H16N2O2/c1-2-4-20(5-3-1)25-21-10-8-19(9-11-21)24-15-16-6-7-17-13-22-23-14-18(17)12-16/h1-14H,15H2. The Balaban J connectivity index is 1.40. The van der Waals surface area contributed by atoms with E-state index in [1.165, 1.54) is 0 Å². The van der Waals surface area contributed by atoms with Crippen LogP contribution in [-0.4, -0.2) is 10.2 Å². The van der Waals surface area contributed by atoms with Gasteiger partial charge in [-0.15, -0.1) is 0 Å². The summed E-state index contributed by atoms with van der Waals surface area (Å²) in [4.78, 5) is 0. The predicted octanol–water partition coefficient (Wildman–Crippen LogP) is 5.00. The number of benzene rings is 3. The Morgan fingerprint density at radius 3 is 2.12 bits per heavy atom. The summed E-state index contributed by atoms with van der Waals surface area (Å²) in [7, 11) is 0. The highest BCUT2D eigenvalue weighted by molar-refractivity contribution is 5.81. The molecule has 1 aromatic heterocycles. The maximum Gasteiger partial charge on any atom is 0.127 e. The van der Waals surface area contributed by atoms with E-state index in [0.717, 1.165) is 33.6 Å². The van der Waals surface area contributed by atoms with Gasteiger partial charge in [0.15, 0.2) is 0 Å². The zero-order valence-corrected chi connectivity index (χ0v) is 13.5. The van der Waals surface area contributed by atoms with Gasteiger partial charge < -0.3 is 9.47 Å². The van der Waals surface area contributed by atoms with Crippen molar-refractivity contribution >= 4 is 10.8 Å². The van der Waals surface area contributed by atoms with Crippen LogP contribution >= 0.6 is 0 Å². The maximum absolute atomic E-state index is 5.85. The molecular formula is C21H16N2O2. The first-order valence-electron chi connectivity index (χ1n) is 8.02. The third-order valence-electron chi connectivity index (χ3n) is 3.82. The molecule has 4 nitrogen and oxygen atoms in total. The van der Waals surface area contributed by atoms with E-state index in [-0.39, 0.29) is 0 Å². The van der Waals surface area contributed by atoms with E-state index in [1.54, 1.807) is 12.4 Å². The van der Waals surface area contributed by atoms with Gasteiger partial charge in [-0.2, -0.15) is 10.2 Å². The van der Waals surface area contributed by atoms with Crippen molar-refractivity contribution in [2.24, 2.45) is 0 Å². The lowest BCUT2D eigenvalue weighted by Gasteiger charge is -2.09. The molecule has 3 aromatic carbocycles. The molecular weight excluding hydrogens is 312 g/mol. The molecule has 4 heteroatoms. The van der Waals surface area contributed by atoms with Crippen molar-refractivity contribution in [2.45, 2.75) is 6.61 Å². The van der Waals surface area contributed by atoms with Gasteiger partial charge in [0, 0.05) is 10.8 Å². The summed E-state index contributed by atoms with van der Waals surface area (Å²) in [6, 6.07) is 23.5. The second kappa shape index (κ2) is 7.01. The highest BCUT2D eigenvalue weighted by atomic mass is 16.5. The number of hydrogen-bond donors (Lipinski definition) is 0. The highest BCUT2D eigenvalue weighted by Gasteiger charge is 2.01. The van der Waals surface area contributed by atoms with Gasteiger partial charge in [0.2, 0.25) is 0 Å². The van der Waals surface area contributed by atoms with Crippen molar-refractivity contribution < 1.29 is 9.47 Å². The molecule has 0 amide bonds. The number of para-hydroxylation sites is 1. The first-order chi connectivity index (χ1) is 12.4. The van der Waals surface area contributed by atoms with Crippen LogP contribution in [0.4, 0.5) is 0 Å². The average Bonchev–Trinajstić information content (AvgIpc) is 2.68. The van der Waals surface area contributed by atoms with E-state index in [1.807, 2.05) is 66.7 Å². The quantitative estimate of drug-likeness (QED) is 0.517. The molecule has 0 spiro atoms. The minimum atomic E-state index is 0.497. The van der Waals surface area contributed by atoms with Crippen LogP contribution in [0.15, 0.2) is 85.2 Å². The van der Waals surface area contributed by atoms with Gasteiger partial charge in [-0.1, -0.05) is 30.3 Å². The summed E-state index contributed by atoms with van der Waals surface area (Å²) in [5.41, 5.74) is 1.09. The van der Waals surface area contributed by atoms with E-state index in [4.69, 9.17) is 9.47 Å². The molecule has 4 rings (SSSR count). The fourth-order valence-corrected chi connectivity index (χ4v) is 2.53. The normalized spacial score (nSPS) is 10.6. The molecule has 0 atom stereocenters. The second-order valence-electron chi connectivity index (χ2n) is 5.63. The third-order valence-corrected chi connectivity index (χ3v) is 3.82. The lowest BCUT2D eigenvalue weighted by Crippen LogP contribution is -1.95. The third kappa shape index (κ3) is 3.75. The Labute approximate surface area is 145 Å². The molecule has 0 N–H and O–H groups in total. The van der Waals surface area contributed by atoms with Crippen LogP contribution in [0.25, 0.3) is 10.8 Å². The van der Waals surface area contributed by atoms with Gasteiger partial charge in [0.25, 0.3) is 0 Å². The molecule has 0 aliphatic carbocycles. The Morgan fingerprint density at radius 1 is 0.640 bits per heavy atom. The molecule has 25 heavy (non-hydrogen) atoms. The van der Waals surface area contributed by atoms with Crippen molar-refractivity contribution in [3.05, 3.63) is 90.8 Å². The maximum atomic E-state index is 5.85. The minimum absolute atomic E-state index is 0.497. The topological polar surface area (TPSA) is 44.2 Å². The number of fused-ring (bicyclic) bond motifs is 1. The second-order valence-corrected chi connectivity index (χ2v) is 5.63. The van der Waals surface area contributed by atoms with Crippen molar-refractivity contribution in [1.29, 1.82) is 0 Å². The van der Waals surface area contributed by atoms with Crippen molar-refractivity contribution in [2.75, 3.05) is 0 Å². The molecule has 0 saturated heterocycles. The SMILES string of the molecule is c1ccc(Oc2ccc(OCc3ccc4cnncc4c3)cc2)cc1. The van der Waals surface area contributed by atoms with Crippen molar-refractivity contribution in [3.8, 4) is 17.2 Å². The molecule has 122 valence electrons. The fraction of sp³-hybridized carbons (Fsp3) is 0.0476. The number of rotatable bonds is 5. The van der Waals surface area contributed by atoms with Crippen LogP contribution < -0.4 is 9.47 Å². The first kappa shape index (κ1) is 15.1. The Morgan fingerprint density at radius 2 is 1.32 bits per heavy atom. The van der Waals surface area contributed by atoms with Gasteiger partial charge in [-0.25, -0.2) is 0 Å². The van der Waals surface area contributed by atoms with E-state index in [9.17, 15) is 0 Å². The predicted molar refractivity (Wildman–Crippen MR) is 96.8 cm³/mol. The summed E-state index contributed by atoms with van der Waals surface area (Å²) < 4.78 is 11.6. The fourth-order valence-electron chi connectivity index (χ4n) is 2.53. The number of nitrogens with zero attached hydrogens (tertiary/aromatic N) is 2. The van der Waals surface area contributed by atoms with E-state index < -0.39 is 0 Å². The van der Waals surface area contributed by atoms with Crippen molar-refractivity contribution in [3.63, 3.8) is 0 Å². The van der Waals surface area contributed by atoms with E-state index in [0.29, 0.717) is 6.61 Å². The van der Waals surface area contributed by atoms with Crippen LogP contribution in [-0.2, 0) is 6.61 Å². The summed E-state index contributed by atoms with van der Waals surface area (Å²) in [5.74, 6) is 2.40. The Bertz CT molecular complexity index is 970. The number of aromatic nitrogens is 2. The monoisotopic (exact) mass is 328 g/mol. The van der Waals surface area contributed by atoms with Crippen LogP contribution in [0.3, 0.4) is 0 Å². The van der Waals surface area contributed by atoms with Gasteiger partial charge in [-0.3, -0.25) is 0 Å².